The van der Waals surface area contributed by atoms with Gasteiger partial charge in [-0.25, -0.2) is 9.78 Å². The molecule has 0 unspecified atom stereocenters. The maximum Gasteiger partial charge on any atom is 0.356 e. The SMILES string of the molecule is CCOC(=O)c1cccc(C2CC2)n1. The van der Waals surface area contributed by atoms with Gasteiger partial charge in [-0.3, -0.25) is 0 Å². The van der Waals surface area contributed by atoms with Crippen molar-refractivity contribution in [3.8, 4) is 0 Å². The highest BCUT2D eigenvalue weighted by atomic mass is 16.5. The van der Waals surface area contributed by atoms with Gasteiger partial charge in [0, 0.05) is 11.6 Å². The van der Waals surface area contributed by atoms with E-state index >= 15 is 0 Å². The molecule has 1 aliphatic carbocycles. The van der Waals surface area contributed by atoms with Crippen LogP contribution in [0.15, 0.2) is 18.2 Å². The molecule has 1 aliphatic rings. The first-order chi connectivity index (χ1) is 6.81. The van der Waals surface area contributed by atoms with Crippen molar-refractivity contribution in [3.05, 3.63) is 29.6 Å². The standard InChI is InChI=1S/C11H13NO2/c1-2-14-11(13)10-5-3-4-9(12-10)8-6-7-8/h3-5,8H,2,6-7H2,1H3. The van der Waals surface area contributed by atoms with Gasteiger partial charge in [-0.2, -0.15) is 0 Å². The van der Waals surface area contributed by atoms with Gasteiger partial charge in [0.15, 0.2) is 0 Å². The molecule has 1 saturated carbocycles. The number of nitrogens with zero attached hydrogens (tertiary/aromatic N) is 1. The zero-order valence-electron chi connectivity index (χ0n) is 8.19. The smallest absolute Gasteiger partial charge is 0.356 e. The minimum Gasteiger partial charge on any atom is -0.461 e. The fourth-order valence-corrected chi connectivity index (χ4v) is 1.38. The summed E-state index contributed by atoms with van der Waals surface area (Å²) in [6.45, 7) is 2.19. The molecule has 0 N–H and O–H groups in total. The Balaban J connectivity index is 2.16. The summed E-state index contributed by atoms with van der Waals surface area (Å²) in [7, 11) is 0. The highest BCUT2D eigenvalue weighted by Crippen LogP contribution is 2.38. The van der Waals surface area contributed by atoms with Gasteiger partial charge >= 0.3 is 5.97 Å². The Kier molecular flexibility index (Phi) is 2.48. The lowest BCUT2D eigenvalue weighted by Crippen LogP contribution is -2.07. The fourth-order valence-electron chi connectivity index (χ4n) is 1.38. The van der Waals surface area contributed by atoms with Gasteiger partial charge in [-0.05, 0) is 31.9 Å². The molecule has 0 aliphatic heterocycles. The van der Waals surface area contributed by atoms with Crippen LogP contribution in [0.4, 0.5) is 0 Å². The predicted molar refractivity (Wildman–Crippen MR) is 52.2 cm³/mol. The summed E-state index contributed by atoms with van der Waals surface area (Å²) in [5, 5.41) is 0. The van der Waals surface area contributed by atoms with Crippen LogP contribution in [0.2, 0.25) is 0 Å². The Bertz CT molecular complexity index is 345. The molecule has 0 bridgehead atoms. The Labute approximate surface area is 83.1 Å². The largest absolute Gasteiger partial charge is 0.461 e. The summed E-state index contributed by atoms with van der Waals surface area (Å²) >= 11 is 0. The van der Waals surface area contributed by atoms with Crippen molar-refractivity contribution in [1.29, 1.82) is 0 Å². The van der Waals surface area contributed by atoms with Crippen LogP contribution in [-0.4, -0.2) is 17.6 Å². The quantitative estimate of drug-likeness (QED) is 0.687. The molecule has 1 aromatic heterocycles. The fraction of sp³-hybridized carbons (Fsp3) is 0.455. The maximum absolute atomic E-state index is 11.4. The van der Waals surface area contributed by atoms with E-state index in [1.807, 2.05) is 12.1 Å². The number of hydrogen-bond donors (Lipinski definition) is 0. The molecule has 0 atom stereocenters. The summed E-state index contributed by atoms with van der Waals surface area (Å²) in [5.41, 5.74) is 1.45. The van der Waals surface area contributed by atoms with E-state index in [0.29, 0.717) is 18.2 Å². The van der Waals surface area contributed by atoms with Gasteiger partial charge < -0.3 is 4.74 Å². The molecule has 1 heterocycles. The molecular weight excluding hydrogens is 178 g/mol. The van der Waals surface area contributed by atoms with Gasteiger partial charge in [0.1, 0.15) is 5.69 Å². The minimum atomic E-state index is -0.324. The molecule has 1 aromatic rings. The van der Waals surface area contributed by atoms with Crippen LogP contribution in [0.1, 0.15) is 41.9 Å². The number of carbonyl (C=O) groups is 1. The molecule has 0 amide bonds. The Morgan fingerprint density at radius 3 is 3.00 bits per heavy atom. The second-order valence-corrected chi connectivity index (χ2v) is 3.44. The molecule has 14 heavy (non-hydrogen) atoms. The summed E-state index contributed by atoms with van der Waals surface area (Å²) < 4.78 is 4.88. The van der Waals surface area contributed by atoms with E-state index in [4.69, 9.17) is 4.74 Å². The molecule has 1 fully saturated rings. The summed E-state index contributed by atoms with van der Waals surface area (Å²) in [6.07, 6.45) is 2.39. The number of carbonyl (C=O) groups excluding carboxylic acids is 1. The summed E-state index contributed by atoms with van der Waals surface area (Å²) in [6, 6.07) is 5.54. The number of pyridine rings is 1. The molecule has 74 valence electrons. The van der Waals surface area contributed by atoms with Gasteiger partial charge in [-0.15, -0.1) is 0 Å². The topological polar surface area (TPSA) is 39.2 Å². The van der Waals surface area contributed by atoms with E-state index in [-0.39, 0.29) is 5.97 Å². The van der Waals surface area contributed by atoms with Gasteiger partial charge in [0.25, 0.3) is 0 Å². The van der Waals surface area contributed by atoms with Crippen LogP contribution in [0, 0.1) is 0 Å². The predicted octanol–water partition coefficient (Wildman–Crippen LogP) is 2.14. The third kappa shape index (κ3) is 1.92. The first-order valence-corrected chi connectivity index (χ1v) is 4.95. The third-order valence-electron chi connectivity index (χ3n) is 2.25. The van der Waals surface area contributed by atoms with Crippen LogP contribution in [0.25, 0.3) is 0 Å². The zero-order valence-corrected chi connectivity index (χ0v) is 8.19. The molecule has 0 aromatic carbocycles. The van der Waals surface area contributed by atoms with Crippen molar-refractivity contribution in [2.24, 2.45) is 0 Å². The lowest BCUT2D eigenvalue weighted by Gasteiger charge is -2.02. The summed E-state index contributed by atoms with van der Waals surface area (Å²) in [4.78, 5) is 15.6. The van der Waals surface area contributed by atoms with Crippen LogP contribution < -0.4 is 0 Å². The third-order valence-corrected chi connectivity index (χ3v) is 2.25. The van der Waals surface area contributed by atoms with Gasteiger partial charge in [0.2, 0.25) is 0 Å². The van der Waals surface area contributed by atoms with Crippen molar-refractivity contribution in [1.82, 2.24) is 4.98 Å². The minimum absolute atomic E-state index is 0.324. The lowest BCUT2D eigenvalue weighted by atomic mass is 10.2. The van der Waals surface area contributed by atoms with E-state index in [2.05, 4.69) is 4.98 Å². The molecule has 3 nitrogen and oxygen atoms in total. The van der Waals surface area contributed by atoms with Crippen molar-refractivity contribution >= 4 is 5.97 Å². The average molecular weight is 191 g/mol. The Morgan fingerprint density at radius 1 is 1.57 bits per heavy atom. The normalized spacial score (nSPS) is 15.2. The first kappa shape index (κ1) is 9.19. The summed E-state index contributed by atoms with van der Waals surface area (Å²) in [5.74, 6) is 0.249. The first-order valence-electron chi connectivity index (χ1n) is 4.95. The van der Waals surface area contributed by atoms with Gasteiger partial charge in [-0.1, -0.05) is 6.07 Å². The molecular formula is C11H13NO2. The second-order valence-electron chi connectivity index (χ2n) is 3.44. The number of hydrogen-bond acceptors (Lipinski definition) is 3. The lowest BCUT2D eigenvalue weighted by molar-refractivity contribution is 0.0519. The molecule has 0 spiro atoms. The monoisotopic (exact) mass is 191 g/mol. The maximum atomic E-state index is 11.4. The zero-order chi connectivity index (χ0) is 9.97. The van der Waals surface area contributed by atoms with Crippen LogP contribution in [0.3, 0.4) is 0 Å². The Hall–Kier alpha value is -1.38. The molecule has 2 rings (SSSR count). The Morgan fingerprint density at radius 2 is 2.36 bits per heavy atom. The molecule has 0 radical (unpaired) electrons. The van der Waals surface area contributed by atoms with E-state index in [1.54, 1.807) is 13.0 Å². The van der Waals surface area contributed by atoms with E-state index in [0.717, 1.165) is 5.69 Å². The number of esters is 1. The highest BCUT2D eigenvalue weighted by Gasteiger charge is 2.25. The highest BCUT2D eigenvalue weighted by molar-refractivity contribution is 5.87. The van der Waals surface area contributed by atoms with Crippen molar-refractivity contribution in [3.63, 3.8) is 0 Å². The number of ether oxygens (including phenoxy) is 1. The average Bonchev–Trinajstić information content (AvgIpc) is 3.02. The molecule has 0 saturated heterocycles. The number of aromatic nitrogens is 1. The van der Waals surface area contributed by atoms with Crippen LogP contribution in [0.5, 0.6) is 0 Å². The van der Waals surface area contributed by atoms with E-state index in [9.17, 15) is 4.79 Å². The second kappa shape index (κ2) is 3.78. The molecule has 3 heteroatoms. The van der Waals surface area contributed by atoms with Crippen molar-refractivity contribution in [2.75, 3.05) is 6.61 Å². The van der Waals surface area contributed by atoms with Crippen LogP contribution >= 0.6 is 0 Å². The number of rotatable bonds is 3. The van der Waals surface area contributed by atoms with E-state index < -0.39 is 0 Å². The van der Waals surface area contributed by atoms with Crippen LogP contribution in [-0.2, 0) is 4.74 Å². The van der Waals surface area contributed by atoms with E-state index in [1.165, 1.54) is 12.8 Å². The van der Waals surface area contributed by atoms with Crippen molar-refractivity contribution < 1.29 is 9.53 Å². The van der Waals surface area contributed by atoms with Crippen molar-refractivity contribution in [2.45, 2.75) is 25.7 Å². The van der Waals surface area contributed by atoms with Gasteiger partial charge in [0.05, 0.1) is 6.61 Å².